The van der Waals surface area contributed by atoms with Crippen molar-refractivity contribution in [1.82, 2.24) is 0 Å². The maximum absolute atomic E-state index is 11.3. The first kappa shape index (κ1) is 10.2. The van der Waals surface area contributed by atoms with E-state index in [0.29, 0.717) is 0 Å². The second-order valence-corrected chi connectivity index (χ2v) is 5.03. The van der Waals surface area contributed by atoms with Crippen LogP contribution in [0, 0.1) is 0 Å². The molecule has 0 N–H and O–H groups in total. The molecule has 2 heteroatoms. The Kier molecular flexibility index (Phi) is 2.10. The number of hydrogen-bond acceptors (Lipinski definition) is 2. The van der Waals surface area contributed by atoms with Crippen LogP contribution in [0.4, 0.5) is 5.69 Å². The molecule has 0 unspecified atom stereocenters. The molecule has 1 aliphatic heterocycles. The molecule has 2 rings (SSSR count). The first-order valence-corrected chi connectivity index (χ1v) is 5.28. The second-order valence-electron chi connectivity index (χ2n) is 5.03. The number of carbonyl (C=O) groups is 1. The third kappa shape index (κ3) is 1.54. The molecule has 0 radical (unpaired) electrons. The summed E-state index contributed by atoms with van der Waals surface area (Å²) >= 11 is 0. The van der Waals surface area contributed by atoms with Crippen molar-refractivity contribution in [2.24, 2.45) is 0 Å². The maximum atomic E-state index is 11.3. The Morgan fingerprint density at radius 2 is 2.07 bits per heavy atom. The highest BCUT2D eigenvalue weighted by molar-refractivity contribution is 5.95. The first-order chi connectivity index (χ1) is 6.92. The van der Waals surface area contributed by atoms with Crippen LogP contribution in [0.5, 0.6) is 0 Å². The summed E-state index contributed by atoms with van der Waals surface area (Å²) in [6.07, 6.45) is 0. The molecule has 1 aromatic carbocycles. The van der Waals surface area contributed by atoms with Crippen LogP contribution in [0.1, 0.15) is 36.7 Å². The molecule has 0 aromatic heterocycles. The number of benzene rings is 1. The first-order valence-electron chi connectivity index (χ1n) is 5.28. The van der Waals surface area contributed by atoms with Gasteiger partial charge in [0.25, 0.3) is 0 Å². The zero-order valence-corrected chi connectivity index (χ0v) is 9.79. The zero-order valence-electron chi connectivity index (χ0n) is 9.79. The fraction of sp³-hybridized carbons (Fsp3) is 0.462. The lowest BCUT2D eigenvalue weighted by molar-refractivity contribution is 0.101. The third-order valence-corrected chi connectivity index (χ3v) is 3.18. The summed E-state index contributed by atoms with van der Waals surface area (Å²) < 4.78 is 0. The van der Waals surface area contributed by atoms with Gasteiger partial charge in [0.15, 0.2) is 5.78 Å². The Bertz CT molecular complexity index is 421. The van der Waals surface area contributed by atoms with E-state index in [2.05, 4.69) is 31.9 Å². The summed E-state index contributed by atoms with van der Waals surface area (Å²) in [5.74, 6) is 0.135. The van der Waals surface area contributed by atoms with Gasteiger partial charge in [-0.3, -0.25) is 4.79 Å². The minimum absolute atomic E-state index is 0.135. The number of nitrogens with zero attached hydrogens (tertiary/aromatic N) is 1. The van der Waals surface area contributed by atoms with Crippen LogP contribution in [-0.2, 0) is 5.41 Å². The van der Waals surface area contributed by atoms with E-state index in [1.807, 2.05) is 12.1 Å². The van der Waals surface area contributed by atoms with Crippen molar-refractivity contribution in [2.45, 2.75) is 26.2 Å². The Balaban J connectivity index is 2.55. The van der Waals surface area contributed by atoms with Crippen LogP contribution in [-0.4, -0.2) is 19.4 Å². The van der Waals surface area contributed by atoms with Crippen molar-refractivity contribution in [3.05, 3.63) is 29.3 Å². The van der Waals surface area contributed by atoms with Gasteiger partial charge in [-0.15, -0.1) is 0 Å². The highest BCUT2D eigenvalue weighted by Gasteiger charge is 2.33. The Hall–Kier alpha value is -1.31. The summed E-state index contributed by atoms with van der Waals surface area (Å²) in [4.78, 5) is 13.5. The quantitative estimate of drug-likeness (QED) is 0.654. The number of fused-ring (bicyclic) bond motifs is 1. The largest absolute Gasteiger partial charge is 0.373 e. The molecule has 1 aliphatic rings. The van der Waals surface area contributed by atoms with E-state index in [9.17, 15) is 4.79 Å². The molecule has 0 spiro atoms. The van der Waals surface area contributed by atoms with Gasteiger partial charge < -0.3 is 4.90 Å². The molecule has 0 saturated carbocycles. The van der Waals surface area contributed by atoms with Crippen molar-refractivity contribution < 1.29 is 4.79 Å². The predicted octanol–water partition coefficient (Wildman–Crippen LogP) is 2.62. The summed E-state index contributed by atoms with van der Waals surface area (Å²) in [5.41, 5.74) is 3.54. The number of likely N-dealkylation sites (N-methyl/N-ethyl adjacent to an activating group) is 1. The molecular weight excluding hydrogens is 186 g/mol. The Labute approximate surface area is 90.9 Å². The second kappa shape index (κ2) is 3.09. The van der Waals surface area contributed by atoms with E-state index in [1.54, 1.807) is 6.92 Å². The van der Waals surface area contributed by atoms with Gasteiger partial charge in [-0.05, 0) is 18.6 Å². The van der Waals surface area contributed by atoms with Crippen LogP contribution < -0.4 is 4.90 Å². The topological polar surface area (TPSA) is 20.3 Å². The van der Waals surface area contributed by atoms with Crippen LogP contribution in [0.3, 0.4) is 0 Å². The third-order valence-electron chi connectivity index (χ3n) is 3.18. The minimum Gasteiger partial charge on any atom is -0.373 e. The zero-order chi connectivity index (χ0) is 11.2. The lowest BCUT2D eigenvalue weighted by atomic mass is 9.86. The molecule has 0 bridgehead atoms. The molecule has 1 heterocycles. The molecule has 0 saturated heterocycles. The molecule has 0 amide bonds. The number of Topliss-reactive ketones (excluding diaryl/α,β-unsaturated/α-hetero) is 1. The highest BCUT2D eigenvalue weighted by atomic mass is 16.1. The molecule has 0 atom stereocenters. The lowest BCUT2D eigenvalue weighted by Crippen LogP contribution is -2.24. The summed E-state index contributed by atoms with van der Waals surface area (Å²) in [5, 5.41) is 0. The SMILES string of the molecule is CC(=O)c1ccc2c(c1)N(C)CC2(C)C. The average molecular weight is 203 g/mol. The summed E-state index contributed by atoms with van der Waals surface area (Å²) in [6, 6.07) is 6.03. The number of ketones is 1. The van der Waals surface area contributed by atoms with E-state index in [1.165, 1.54) is 11.3 Å². The normalized spacial score (nSPS) is 17.7. The maximum Gasteiger partial charge on any atom is 0.159 e. The summed E-state index contributed by atoms with van der Waals surface area (Å²) in [7, 11) is 2.08. The number of rotatable bonds is 1. The van der Waals surface area contributed by atoms with Gasteiger partial charge in [0, 0.05) is 30.3 Å². The standard InChI is InChI=1S/C13H17NO/c1-9(15)10-5-6-11-12(7-10)14(4)8-13(11,2)3/h5-7H,8H2,1-4H3. The Morgan fingerprint density at radius 3 is 2.67 bits per heavy atom. The van der Waals surface area contributed by atoms with Gasteiger partial charge >= 0.3 is 0 Å². The molecule has 80 valence electrons. The highest BCUT2D eigenvalue weighted by Crippen LogP contribution is 2.39. The molecule has 0 fully saturated rings. The van der Waals surface area contributed by atoms with Crippen LogP contribution >= 0.6 is 0 Å². The number of anilines is 1. The van der Waals surface area contributed by atoms with Crippen molar-refractivity contribution in [3.8, 4) is 0 Å². The van der Waals surface area contributed by atoms with Crippen molar-refractivity contribution in [1.29, 1.82) is 0 Å². The van der Waals surface area contributed by atoms with E-state index in [4.69, 9.17) is 0 Å². The Morgan fingerprint density at radius 1 is 1.40 bits per heavy atom. The molecule has 2 nitrogen and oxygen atoms in total. The van der Waals surface area contributed by atoms with Crippen molar-refractivity contribution in [3.63, 3.8) is 0 Å². The molecule has 1 aromatic rings. The lowest BCUT2D eigenvalue weighted by Gasteiger charge is -2.18. The van der Waals surface area contributed by atoms with Gasteiger partial charge in [0.05, 0.1) is 0 Å². The van der Waals surface area contributed by atoms with Crippen LogP contribution in [0.2, 0.25) is 0 Å². The molecule has 0 aliphatic carbocycles. The van der Waals surface area contributed by atoms with E-state index in [-0.39, 0.29) is 11.2 Å². The smallest absolute Gasteiger partial charge is 0.159 e. The number of carbonyl (C=O) groups excluding carboxylic acids is 1. The van der Waals surface area contributed by atoms with Gasteiger partial charge in [0.1, 0.15) is 0 Å². The van der Waals surface area contributed by atoms with Crippen molar-refractivity contribution in [2.75, 3.05) is 18.5 Å². The van der Waals surface area contributed by atoms with Gasteiger partial charge in [-0.1, -0.05) is 26.0 Å². The van der Waals surface area contributed by atoms with Gasteiger partial charge in [-0.2, -0.15) is 0 Å². The van der Waals surface area contributed by atoms with E-state index in [0.717, 1.165) is 12.1 Å². The van der Waals surface area contributed by atoms with E-state index >= 15 is 0 Å². The molecular formula is C13H17NO. The number of hydrogen-bond donors (Lipinski definition) is 0. The summed E-state index contributed by atoms with van der Waals surface area (Å²) in [6.45, 7) is 7.11. The average Bonchev–Trinajstić information content (AvgIpc) is 2.37. The van der Waals surface area contributed by atoms with Gasteiger partial charge in [0.2, 0.25) is 0 Å². The molecule has 15 heavy (non-hydrogen) atoms. The van der Waals surface area contributed by atoms with Crippen molar-refractivity contribution >= 4 is 11.5 Å². The fourth-order valence-corrected chi connectivity index (χ4v) is 2.40. The minimum atomic E-state index is 0.135. The van der Waals surface area contributed by atoms with Gasteiger partial charge in [-0.25, -0.2) is 0 Å². The fourth-order valence-electron chi connectivity index (χ4n) is 2.40. The van der Waals surface area contributed by atoms with Crippen LogP contribution in [0.15, 0.2) is 18.2 Å². The monoisotopic (exact) mass is 203 g/mol. The van der Waals surface area contributed by atoms with Crippen LogP contribution in [0.25, 0.3) is 0 Å². The predicted molar refractivity (Wildman–Crippen MR) is 62.7 cm³/mol. The van der Waals surface area contributed by atoms with E-state index < -0.39 is 0 Å².